The summed E-state index contributed by atoms with van der Waals surface area (Å²) in [6, 6.07) is 3.71. The van der Waals surface area contributed by atoms with E-state index in [1.165, 1.54) is 11.8 Å². The van der Waals surface area contributed by atoms with Crippen molar-refractivity contribution in [3.63, 3.8) is 0 Å². The highest BCUT2D eigenvalue weighted by molar-refractivity contribution is 8.13. The Labute approximate surface area is 111 Å². The third kappa shape index (κ3) is 4.08. The van der Waals surface area contributed by atoms with Crippen LogP contribution < -0.4 is 4.74 Å². The van der Waals surface area contributed by atoms with Crippen molar-refractivity contribution < 1.29 is 13.2 Å². The van der Waals surface area contributed by atoms with Crippen LogP contribution in [-0.4, -0.2) is 21.8 Å². The molecule has 0 saturated heterocycles. The Morgan fingerprint density at radius 2 is 2.00 bits per heavy atom. The lowest BCUT2D eigenvalue weighted by molar-refractivity contribution is 0.409. The van der Waals surface area contributed by atoms with Crippen LogP contribution in [0.5, 0.6) is 5.75 Å². The largest absolute Gasteiger partial charge is 0.496 e. The Kier molecular flexibility index (Phi) is 5.16. The molecule has 0 aliphatic carbocycles. The van der Waals surface area contributed by atoms with Crippen molar-refractivity contribution in [1.82, 2.24) is 0 Å². The molecule has 0 atom stereocenters. The molecular formula is C11H15ClO3S2. The van der Waals surface area contributed by atoms with E-state index in [4.69, 9.17) is 15.4 Å². The molecule has 0 fully saturated rings. The molecule has 17 heavy (non-hydrogen) atoms. The molecule has 0 aromatic heterocycles. The fourth-order valence-corrected chi connectivity index (χ4v) is 3.31. The number of methoxy groups -OCH3 is 1. The van der Waals surface area contributed by atoms with Gasteiger partial charge in [0.2, 0.25) is 9.05 Å². The minimum atomic E-state index is -3.55. The third-order valence-electron chi connectivity index (χ3n) is 2.39. The van der Waals surface area contributed by atoms with Crippen molar-refractivity contribution in [2.24, 2.45) is 0 Å². The molecule has 1 rings (SSSR count). The van der Waals surface area contributed by atoms with Gasteiger partial charge in [0.1, 0.15) is 5.75 Å². The Bertz CT molecular complexity index is 498. The summed E-state index contributed by atoms with van der Waals surface area (Å²) in [5.41, 5.74) is 1.74. The van der Waals surface area contributed by atoms with E-state index in [-0.39, 0.29) is 5.75 Å². The normalized spacial score (nSPS) is 11.5. The molecule has 0 saturated carbocycles. The van der Waals surface area contributed by atoms with Gasteiger partial charge < -0.3 is 4.74 Å². The van der Waals surface area contributed by atoms with Crippen LogP contribution in [0.1, 0.15) is 18.1 Å². The van der Waals surface area contributed by atoms with Gasteiger partial charge in [-0.2, -0.15) is 0 Å². The number of hydrogen-bond acceptors (Lipinski definition) is 4. The van der Waals surface area contributed by atoms with Crippen LogP contribution in [-0.2, 0) is 21.2 Å². The van der Waals surface area contributed by atoms with Crippen LogP contribution in [0.15, 0.2) is 17.0 Å². The highest BCUT2D eigenvalue weighted by atomic mass is 35.7. The van der Waals surface area contributed by atoms with Gasteiger partial charge in [-0.25, -0.2) is 8.42 Å². The quantitative estimate of drug-likeness (QED) is 0.618. The average Bonchev–Trinajstić information content (AvgIpc) is 2.26. The molecule has 0 aliphatic heterocycles. The van der Waals surface area contributed by atoms with E-state index in [0.717, 1.165) is 16.9 Å². The van der Waals surface area contributed by atoms with Crippen molar-refractivity contribution >= 4 is 31.5 Å². The average molecular weight is 295 g/mol. The minimum Gasteiger partial charge on any atom is -0.496 e. The number of halogens is 1. The molecule has 96 valence electrons. The van der Waals surface area contributed by atoms with Gasteiger partial charge in [0.05, 0.1) is 12.9 Å². The van der Waals surface area contributed by atoms with E-state index in [0.29, 0.717) is 11.3 Å². The monoisotopic (exact) mass is 294 g/mol. The van der Waals surface area contributed by atoms with Crippen LogP contribution in [0.4, 0.5) is 0 Å². The summed E-state index contributed by atoms with van der Waals surface area (Å²) in [5, 5.41) is 0. The molecule has 0 radical (unpaired) electrons. The summed E-state index contributed by atoms with van der Waals surface area (Å²) >= 11 is 1.51. The SMILES string of the molecule is CCc1cc(SC)c(CS(=O)(=O)Cl)cc1OC. The second kappa shape index (κ2) is 5.98. The van der Waals surface area contributed by atoms with Gasteiger partial charge in [0.15, 0.2) is 0 Å². The predicted octanol–water partition coefficient (Wildman–Crippen LogP) is 3.05. The first-order valence-corrected chi connectivity index (χ1v) is 8.77. The maximum absolute atomic E-state index is 11.1. The molecule has 0 spiro atoms. The van der Waals surface area contributed by atoms with E-state index in [2.05, 4.69) is 0 Å². The molecule has 1 aromatic rings. The topological polar surface area (TPSA) is 43.4 Å². The van der Waals surface area contributed by atoms with Crippen molar-refractivity contribution in [3.05, 3.63) is 23.3 Å². The summed E-state index contributed by atoms with van der Waals surface area (Å²) in [4.78, 5) is 0.923. The Morgan fingerprint density at radius 1 is 1.35 bits per heavy atom. The van der Waals surface area contributed by atoms with Crippen molar-refractivity contribution in [2.75, 3.05) is 13.4 Å². The van der Waals surface area contributed by atoms with Crippen molar-refractivity contribution in [1.29, 1.82) is 0 Å². The zero-order chi connectivity index (χ0) is 13.1. The fraction of sp³-hybridized carbons (Fsp3) is 0.455. The smallest absolute Gasteiger partial charge is 0.236 e. The molecular weight excluding hydrogens is 280 g/mol. The number of ether oxygens (including phenoxy) is 1. The van der Waals surface area contributed by atoms with Crippen molar-refractivity contribution in [2.45, 2.75) is 24.0 Å². The zero-order valence-electron chi connectivity index (χ0n) is 9.99. The van der Waals surface area contributed by atoms with Crippen LogP contribution >= 0.6 is 22.4 Å². The number of rotatable bonds is 5. The van der Waals surface area contributed by atoms with Gasteiger partial charge in [-0.1, -0.05) is 6.92 Å². The zero-order valence-corrected chi connectivity index (χ0v) is 12.4. The number of hydrogen-bond donors (Lipinski definition) is 0. The number of benzene rings is 1. The van der Waals surface area contributed by atoms with Gasteiger partial charge >= 0.3 is 0 Å². The Hall–Kier alpha value is -0.390. The third-order valence-corrected chi connectivity index (χ3v) is 4.20. The lowest BCUT2D eigenvalue weighted by atomic mass is 10.1. The van der Waals surface area contributed by atoms with Crippen LogP contribution in [0, 0.1) is 0 Å². The van der Waals surface area contributed by atoms with E-state index in [9.17, 15) is 8.42 Å². The molecule has 0 unspecified atom stereocenters. The van der Waals surface area contributed by atoms with E-state index in [1.807, 2.05) is 19.2 Å². The Balaban J connectivity index is 3.28. The molecule has 0 amide bonds. The minimum absolute atomic E-state index is 0.176. The van der Waals surface area contributed by atoms with Crippen molar-refractivity contribution in [3.8, 4) is 5.75 Å². The van der Waals surface area contributed by atoms with Gasteiger partial charge in [-0.15, -0.1) is 11.8 Å². The second-order valence-corrected chi connectivity index (χ2v) is 7.14. The van der Waals surface area contributed by atoms with E-state index < -0.39 is 9.05 Å². The number of thioether (sulfide) groups is 1. The first kappa shape index (κ1) is 14.7. The van der Waals surface area contributed by atoms with Crippen LogP contribution in [0.2, 0.25) is 0 Å². The van der Waals surface area contributed by atoms with Crippen LogP contribution in [0.3, 0.4) is 0 Å². The van der Waals surface area contributed by atoms with Crippen LogP contribution in [0.25, 0.3) is 0 Å². The molecule has 0 aliphatic rings. The highest BCUT2D eigenvalue weighted by Gasteiger charge is 2.14. The fourth-order valence-electron chi connectivity index (χ4n) is 1.60. The predicted molar refractivity (Wildman–Crippen MR) is 72.6 cm³/mol. The molecule has 6 heteroatoms. The first-order chi connectivity index (χ1) is 7.91. The summed E-state index contributed by atoms with van der Waals surface area (Å²) in [6.07, 6.45) is 2.75. The highest BCUT2D eigenvalue weighted by Crippen LogP contribution is 2.31. The first-order valence-electron chi connectivity index (χ1n) is 5.07. The Morgan fingerprint density at radius 3 is 2.41 bits per heavy atom. The molecule has 0 N–H and O–H groups in total. The summed E-state index contributed by atoms with van der Waals surface area (Å²) in [6.45, 7) is 2.03. The van der Waals surface area contributed by atoms with Gasteiger partial charge in [0, 0.05) is 15.6 Å². The maximum atomic E-state index is 11.1. The van der Waals surface area contributed by atoms with Gasteiger partial charge in [0.25, 0.3) is 0 Å². The molecule has 3 nitrogen and oxygen atoms in total. The maximum Gasteiger partial charge on any atom is 0.236 e. The van der Waals surface area contributed by atoms with E-state index >= 15 is 0 Å². The standard InChI is InChI=1S/C11H15ClO3S2/c1-4-8-6-11(16-3)9(5-10(8)15-2)7-17(12,13)14/h5-6H,4,7H2,1-3H3. The molecule has 0 bridgehead atoms. The number of aryl methyl sites for hydroxylation is 1. The van der Waals surface area contributed by atoms with Gasteiger partial charge in [-0.05, 0) is 35.9 Å². The second-order valence-electron chi connectivity index (χ2n) is 3.51. The molecule has 1 aromatic carbocycles. The molecule has 0 heterocycles. The lowest BCUT2D eigenvalue weighted by Gasteiger charge is -2.12. The van der Waals surface area contributed by atoms with E-state index in [1.54, 1.807) is 13.2 Å². The lowest BCUT2D eigenvalue weighted by Crippen LogP contribution is -2.00. The summed E-state index contributed by atoms with van der Waals surface area (Å²) in [7, 11) is 3.31. The summed E-state index contributed by atoms with van der Waals surface area (Å²) < 4.78 is 27.5. The summed E-state index contributed by atoms with van der Waals surface area (Å²) in [5.74, 6) is 0.533. The van der Waals surface area contributed by atoms with Gasteiger partial charge in [-0.3, -0.25) is 0 Å².